The van der Waals surface area contributed by atoms with Gasteiger partial charge in [0.2, 0.25) is 11.8 Å². The fourth-order valence-corrected chi connectivity index (χ4v) is 10.2. The molecule has 3 heterocycles. The number of carbonyl (C=O) groups excluding carboxylic acids is 5. The quantitative estimate of drug-likeness (QED) is 0.0603. The first-order chi connectivity index (χ1) is 33.9. The van der Waals surface area contributed by atoms with E-state index in [1.807, 2.05) is 103 Å². The molecule has 0 aliphatic carbocycles. The number of morpholine rings is 1. The van der Waals surface area contributed by atoms with Crippen molar-refractivity contribution in [1.29, 1.82) is 0 Å². The molecule has 70 heavy (non-hydrogen) atoms. The van der Waals surface area contributed by atoms with Gasteiger partial charge in [0.1, 0.15) is 36.0 Å². The van der Waals surface area contributed by atoms with Crippen LogP contribution in [0, 0.1) is 23.7 Å². The summed E-state index contributed by atoms with van der Waals surface area (Å²) >= 11 is 0. The zero-order valence-electron chi connectivity index (χ0n) is 39.6. The molecule has 8 rings (SSSR count). The zero-order chi connectivity index (χ0) is 49.5. The number of urea groups is 1. The minimum atomic E-state index is -2.06. The molecule has 2 fully saturated rings. The maximum Gasteiger partial charge on any atom is 0.329 e. The molecule has 7 atom stereocenters. The van der Waals surface area contributed by atoms with Crippen molar-refractivity contribution in [2.24, 2.45) is 11.8 Å². The third-order valence-electron chi connectivity index (χ3n) is 13.2. The molecule has 1 spiro atoms. The lowest BCUT2D eigenvalue weighted by Crippen LogP contribution is -2.57. The second-order valence-corrected chi connectivity index (χ2v) is 18.0. The number of carbonyl (C=O) groups is 5. The van der Waals surface area contributed by atoms with E-state index in [1.54, 1.807) is 56.3 Å². The molecule has 0 bridgehead atoms. The number of hydrogen-bond acceptors (Lipinski definition) is 11. The Bertz CT molecular complexity index is 2780. The molecule has 5 aromatic carbocycles. The second kappa shape index (κ2) is 21.4. The number of anilines is 1. The lowest BCUT2D eigenvalue weighted by Gasteiger charge is -2.46. The molecule has 3 N–H and O–H groups in total. The standard InChI is InChI=1S/C56H57N5O9/c1-6-30-57-51(63)45-48-53(65)70-49(40-22-14-9-15-23-40)47(39-20-12-8-13-21-39)61(48)50(41-25-27-42(28-26-41)69-33-32-62)56(45)43-34-37(19-16-31-59(4)35-38-17-10-7-11-18-38)24-29-44(43)60(54(56)66)55(67)58-46(36(2)3)52(64)68-5/h6-15,17-18,20-29,34,36,45-50,62H,1,30-33,35H2,2-5H3,(H,57,63)(H,58,67)/t45-,46+,47-,48-,49+,50+,56-/m1/s1. The molecular formula is C56H57N5O9. The van der Waals surface area contributed by atoms with Gasteiger partial charge in [0.25, 0.3) is 0 Å². The summed E-state index contributed by atoms with van der Waals surface area (Å²) in [6.07, 6.45) is 0.574. The summed E-state index contributed by atoms with van der Waals surface area (Å²) in [5.41, 5.74) is 1.88. The Balaban J connectivity index is 1.40. The van der Waals surface area contributed by atoms with Crippen LogP contribution >= 0.6 is 0 Å². The van der Waals surface area contributed by atoms with Crippen molar-refractivity contribution in [2.75, 3.05) is 45.4 Å². The van der Waals surface area contributed by atoms with Gasteiger partial charge in [0, 0.05) is 18.7 Å². The van der Waals surface area contributed by atoms with Gasteiger partial charge in [0.15, 0.2) is 0 Å². The highest BCUT2D eigenvalue weighted by molar-refractivity contribution is 6.25. The van der Waals surface area contributed by atoms with Crippen molar-refractivity contribution in [3.05, 3.63) is 179 Å². The molecule has 5 aromatic rings. The van der Waals surface area contributed by atoms with Gasteiger partial charge in [-0.15, -0.1) is 6.58 Å². The Morgan fingerprint density at radius 1 is 0.886 bits per heavy atom. The molecule has 3 aliphatic rings. The number of methoxy groups -OCH3 is 1. The van der Waals surface area contributed by atoms with Crippen molar-refractivity contribution in [3.8, 4) is 17.6 Å². The van der Waals surface area contributed by atoms with Crippen LogP contribution in [-0.4, -0.2) is 97.2 Å². The number of aliphatic hydroxyl groups excluding tert-OH is 1. The van der Waals surface area contributed by atoms with Crippen LogP contribution in [0.4, 0.5) is 10.5 Å². The van der Waals surface area contributed by atoms with Gasteiger partial charge >= 0.3 is 18.0 Å². The van der Waals surface area contributed by atoms with Crippen LogP contribution in [0.5, 0.6) is 5.75 Å². The number of cyclic esters (lactones) is 1. The minimum Gasteiger partial charge on any atom is -0.491 e. The van der Waals surface area contributed by atoms with Gasteiger partial charge in [-0.1, -0.05) is 135 Å². The SMILES string of the molecule is C=CCNC(=O)[C@H]1[C@@H]2C(=O)O[C@@H](c3ccccc3)[C@@H](c3ccccc3)N2[C@@H](c2ccc(OCCO)cc2)[C@]12C(=O)N(C(=O)N[C@H](C(=O)OC)C(C)C)c1ccc(C#CCN(C)Cc3ccccc3)cc12. The summed E-state index contributed by atoms with van der Waals surface area (Å²) in [6.45, 7) is 8.13. The lowest BCUT2D eigenvalue weighted by atomic mass is 9.65. The van der Waals surface area contributed by atoms with Crippen molar-refractivity contribution in [3.63, 3.8) is 0 Å². The van der Waals surface area contributed by atoms with Crippen molar-refractivity contribution in [2.45, 2.75) is 56.1 Å². The number of nitrogens with one attached hydrogen (secondary N) is 2. The number of ether oxygens (including phenoxy) is 3. The number of hydrogen-bond donors (Lipinski definition) is 3. The maximum absolute atomic E-state index is 16.5. The van der Waals surface area contributed by atoms with E-state index in [0.29, 0.717) is 35.5 Å². The molecule has 360 valence electrons. The van der Waals surface area contributed by atoms with Crippen molar-refractivity contribution >= 4 is 35.5 Å². The summed E-state index contributed by atoms with van der Waals surface area (Å²) in [4.78, 5) is 80.4. The minimum absolute atomic E-state index is 0.00798. The van der Waals surface area contributed by atoms with Crippen LogP contribution in [0.3, 0.4) is 0 Å². The number of amides is 4. The Labute approximate surface area is 408 Å². The van der Waals surface area contributed by atoms with Crippen LogP contribution in [0.25, 0.3) is 0 Å². The zero-order valence-corrected chi connectivity index (χ0v) is 39.6. The van der Waals surface area contributed by atoms with Crippen LogP contribution in [0.2, 0.25) is 0 Å². The average molecular weight is 944 g/mol. The summed E-state index contributed by atoms with van der Waals surface area (Å²) in [7, 11) is 3.18. The van der Waals surface area contributed by atoms with Gasteiger partial charge in [-0.2, -0.15) is 0 Å². The molecule has 14 heteroatoms. The Morgan fingerprint density at radius 3 is 2.17 bits per heavy atom. The molecule has 14 nitrogen and oxygen atoms in total. The molecule has 4 amide bonds. The van der Waals surface area contributed by atoms with Gasteiger partial charge in [0.05, 0.1) is 44.0 Å². The smallest absolute Gasteiger partial charge is 0.329 e. The monoisotopic (exact) mass is 943 g/mol. The van der Waals surface area contributed by atoms with E-state index in [4.69, 9.17) is 14.2 Å². The van der Waals surface area contributed by atoms with Crippen LogP contribution in [0.15, 0.2) is 146 Å². The number of esters is 2. The van der Waals surface area contributed by atoms with Crippen molar-refractivity contribution < 1.29 is 43.3 Å². The third kappa shape index (κ3) is 9.31. The molecule has 3 aliphatic heterocycles. The molecule has 0 radical (unpaired) electrons. The largest absolute Gasteiger partial charge is 0.491 e. The number of rotatable bonds is 15. The van der Waals surface area contributed by atoms with E-state index in [0.717, 1.165) is 16.0 Å². The number of fused-ring (bicyclic) bond motifs is 3. The number of nitrogens with zero attached hydrogens (tertiary/aromatic N) is 3. The molecule has 2 saturated heterocycles. The summed E-state index contributed by atoms with van der Waals surface area (Å²) in [5.74, 6) is 2.07. The van der Waals surface area contributed by atoms with Gasteiger partial charge in [-0.3, -0.25) is 24.2 Å². The lowest BCUT2D eigenvalue weighted by molar-refractivity contribution is -0.178. The topological polar surface area (TPSA) is 167 Å². The second-order valence-electron chi connectivity index (χ2n) is 18.0. The Hall–Kier alpha value is -7.57. The fraction of sp³-hybridized carbons (Fsp3) is 0.304. The number of aliphatic hydroxyl groups is 1. The first-order valence-electron chi connectivity index (χ1n) is 23.3. The van der Waals surface area contributed by atoms with Gasteiger partial charge < -0.3 is 30.0 Å². The maximum atomic E-state index is 16.5. The van der Waals surface area contributed by atoms with Crippen LogP contribution in [-0.2, 0) is 40.6 Å². The molecule has 0 unspecified atom stereocenters. The average Bonchev–Trinajstić information content (AvgIpc) is 3.83. The molecule has 0 aromatic heterocycles. The van der Waals surface area contributed by atoms with E-state index in [9.17, 15) is 9.90 Å². The Morgan fingerprint density at radius 2 is 1.54 bits per heavy atom. The molecule has 0 saturated carbocycles. The Kier molecular flexibility index (Phi) is 14.9. The predicted molar refractivity (Wildman–Crippen MR) is 263 cm³/mol. The van der Waals surface area contributed by atoms with Gasteiger partial charge in [-0.05, 0) is 71.1 Å². The predicted octanol–water partition coefficient (Wildman–Crippen LogP) is 6.42. The third-order valence-corrected chi connectivity index (χ3v) is 13.2. The van der Waals surface area contributed by atoms with E-state index in [2.05, 4.69) is 34.0 Å². The highest BCUT2D eigenvalue weighted by atomic mass is 16.6. The van der Waals surface area contributed by atoms with E-state index < -0.39 is 77.3 Å². The van der Waals surface area contributed by atoms with Gasteiger partial charge in [-0.25, -0.2) is 14.5 Å². The molecular weight excluding hydrogens is 887 g/mol. The highest BCUT2D eigenvalue weighted by Crippen LogP contribution is 2.66. The highest BCUT2D eigenvalue weighted by Gasteiger charge is 2.75. The first-order valence-corrected chi connectivity index (χ1v) is 23.3. The fourth-order valence-electron chi connectivity index (χ4n) is 10.2. The summed E-state index contributed by atoms with van der Waals surface area (Å²) in [6, 6.07) is 35.3. The van der Waals surface area contributed by atoms with E-state index in [1.165, 1.54) is 13.2 Å². The van der Waals surface area contributed by atoms with Crippen LogP contribution in [0.1, 0.15) is 65.4 Å². The van der Waals surface area contributed by atoms with E-state index >= 15 is 19.2 Å². The number of imide groups is 1. The first kappa shape index (κ1) is 48.9. The number of benzene rings is 5. The summed E-state index contributed by atoms with van der Waals surface area (Å²) < 4.78 is 17.4. The summed E-state index contributed by atoms with van der Waals surface area (Å²) in [5, 5.41) is 15.3. The normalized spacial score (nSPS) is 21.8. The van der Waals surface area contributed by atoms with E-state index in [-0.39, 0.29) is 31.0 Å². The van der Waals surface area contributed by atoms with Crippen LogP contribution < -0.4 is 20.3 Å². The van der Waals surface area contributed by atoms with Crippen molar-refractivity contribution in [1.82, 2.24) is 20.4 Å².